The lowest BCUT2D eigenvalue weighted by atomic mass is 10.1. The number of hydrogen-bond donors (Lipinski definition) is 0. The summed E-state index contributed by atoms with van der Waals surface area (Å²) in [5.74, 6) is 0.734. The van der Waals surface area contributed by atoms with Crippen molar-refractivity contribution >= 4 is 39.2 Å². The smallest absolute Gasteiger partial charge is 0.310 e. The van der Waals surface area contributed by atoms with Crippen LogP contribution >= 0.6 is 11.6 Å². The van der Waals surface area contributed by atoms with Crippen LogP contribution in [0.4, 0.5) is 5.82 Å². The van der Waals surface area contributed by atoms with Crippen molar-refractivity contribution in [1.82, 2.24) is 23.9 Å². The van der Waals surface area contributed by atoms with Crippen molar-refractivity contribution in [3.8, 4) is 0 Å². The largest absolute Gasteiger partial charge is 0.466 e. The molecule has 10 nitrogen and oxygen atoms in total. The summed E-state index contributed by atoms with van der Waals surface area (Å²) in [5.41, 5.74) is 1.34. The summed E-state index contributed by atoms with van der Waals surface area (Å²) < 4.78 is 34.2. The number of carbonyl (C=O) groups is 1. The van der Waals surface area contributed by atoms with Gasteiger partial charge >= 0.3 is 5.97 Å². The number of rotatable bonds is 6. The summed E-state index contributed by atoms with van der Waals surface area (Å²) in [6.07, 6.45) is 1.44. The molecule has 0 unspecified atom stereocenters. The highest BCUT2D eigenvalue weighted by atomic mass is 35.5. The molecule has 0 saturated carbocycles. The third kappa shape index (κ3) is 4.27. The van der Waals surface area contributed by atoms with Crippen molar-refractivity contribution in [3.05, 3.63) is 46.9 Å². The normalized spacial score (nSPS) is 15.3. The fourth-order valence-corrected chi connectivity index (χ4v) is 5.50. The molecule has 0 bridgehead atoms. The fraction of sp³-hybridized carbons (Fsp3) is 0.400. The molecule has 1 aliphatic heterocycles. The van der Waals surface area contributed by atoms with Crippen molar-refractivity contribution in [2.24, 2.45) is 0 Å². The summed E-state index contributed by atoms with van der Waals surface area (Å²) >= 11 is 5.98. The molecule has 170 valence electrons. The van der Waals surface area contributed by atoms with Crippen LogP contribution in [0.3, 0.4) is 0 Å². The Morgan fingerprint density at radius 1 is 1.22 bits per heavy atom. The van der Waals surface area contributed by atoms with Crippen molar-refractivity contribution in [3.63, 3.8) is 0 Å². The molecule has 1 saturated heterocycles. The predicted molar refractivity (Wildman–Crippen MR) is 118 cm³/mol. The molecule has 3 aromatic rings. The van der Waals surface area contributed by atoms with Gasteiger partial charge in [-0.3, -0.25) is 4.79 Å². The minimum absolute atomic E-state index is 0.0405. The number of fused-ring (bicyclic) bond motifs is 1. The van der Waals surface area contributed by atoms with Gasteiger partial charge in [0.25, 0.3) is 5.78 Å². The monoisotopic (exact) mass is 478 g/mol. The van der Waals surface area contributed by atoms with Crippen LogP contribution in [0.2, 0.25) is 5.02 Å². The van der Waals surface area contributed by atoms with E-state index in [-0.39, 0.29) is 37.0 Å². The molecule has 1 fully saturated rings. The van der Waals surface area contributed by atoms with Gasteiger partial charge in [0.15, 0.2) is 0 Å². The summed E-state index contributed by atoms with van der Waals surface area (Å²) in [7, 11) is -3.67. The van der Waals surface area contributed by atoms with E-state index in [0.717, 1.165) is 0 Å². The van der Waals surface area contributed by atoms with E-state index >= 15 is 0 Å². The van der Waals surface area contributed by atoms with Gasteiger partial charge in [0, 0.05) is 42.5 Å². The summed E-state index contributed by atoms with van der Waals surface area (Å²) in [6.45, 7) is 5.21. The Kier molecular flexibility index (Phi) is 6.31. The molecule has 1 aliphatic rings. The minimum Gasteiger partial charge on any atom is -0.466 e. The highest BCUT2D eigenvalue weighted by Crippen LogP contribution is 2.27. The van der Waals surface area contributed by atoms with E-state index in [4.69, 9.17) is 16.3 Å². The molecule has 0 aliphatic carbocycles. The number of piperazine rings is 1. The number of benzene rings is 1. The van der Waals surface area contributed by atoms with Gasteiger partial charge in [0.1, 0.15) is 12.1 Å². The number of ether oxygens (including phenoxy) is 1. The molecule has 32 heavy (non-hydrogen) atoms. The zero-order valence-electron chi connectivity index (χ0n) is 17.7. The number of anilines is 1. The van der Waals surface area contributed by atoms with E-state index in [2.05, 4.69) is 15.1 Å². The van der Waals surface area contributed by atoms with Gasteiger partial charge in [0.2, 0.25) is 10.0 Å². The van der Waals surface area contributed by atoms with Crippen molar-refractivity contribution in [1.29, 1.82) is 0 Å². The Balaban J connectivity index is 1.62. The number of aryl methyl sites for hydroxylation is 1. The Hall–Kier alpha value is -2.76. The van der Waals surface area contributed by atoms with Crippen LogP contribution < -0.4 is 4.90 Å². The van der Waals surface area contributed by atoms with Crippen molar-refractivity contribution in [2.75, 3.05) is 37.7 Å². The number of esters is 1. The molecule has 12 heteroatoms. The molecule has 0 atom stereocenters. The summed E-state index contributed by atoms with van der Waals surface area (Å²) in [4.78, 5) is 23.0. The van der Waals surface area contributed by atoms with Crippen LogP contribution in [0, 0.1) is 6.92 Å². The third-order valence-corrected chi connectivity index (χ3v) is 7.43. The number of aromatic nitrogens is 4. The Bertz CT molecular complexity index is 1250. The van der Waals surface area contributed by atoms with E-state index in [9.17, 15) is 13.2 Å². The lowest BCUT2D eigenvalue weighted by Gasteiger charge is -2.36. The van der Waals surface area contributed by atoms with Crippen LogP contribution in [0.15, 0.2) is 35.5 Å². The van der Waals surface area contributed by atoms with Gasteiger partial charge in [-0.25, -0.2) is 13.4 Å². The van der Waals surface area contributed by atoms with Crippen LogP contribution in [0.1, 0.15) is 18.2 Å². The Morgan fingerprint density at radius 3 is 2.66 bits per heavy atom. The molecule has 1 aromatic carbocycles. The SMILES string of the molecule is CCOC(=O)Cc1c(C)nc2ncnn2c1N1CCN(S(=O)(=O)c2cccc(Cl)c2)CC1. The van der Waals surface area contributed by atoms with Gasteiger partial charge in [-0.2, -0.15) is 18.9 Å². The Labute approximate surface area is 190 Å². The topological polar surface area (TPSA) is 110 Å². The standard InChI is InChI=1S/C20H23ClN6O4S/c1-3-31-18(28)12-17-14(2)24-20-22-13-23-27(20)19(17)25-7-9-26(10-8-25)32(29,30)16-6-4-5-15(21)11-16/h4-6,11,13H,3,7-10,12H2,1-2H3. The van der Waals surface area contributed by atoms with Crippen molar-refractivity contribution < 1.29 is 17.9 Å². The molecule has 0 amide bonds. The van der Waals surface area contributed by atoms with Crippen molar-refractivity contribution in [2.45, 2.75) is 25.2 Å². The first-order valence-electron chi connectivity index (χ1n) is 10.2. The molecule has 0 N–H and O–H groups in total. The molecular weight excluding hydrogens is 456 g/mol. The van der Waals surface area contributed by atoms with Gasteiger partial charge in [-0.15, -0.1) is 0 Å². The van der Waals surface area contributed by atoms with Crippen LogP contribution in [-0.4, -0.2) is 71.1 Å². The maximum atomic E-state index is 13.0. The third-order valence-electron chi connectivity index (χ3n) is 5.30. The highest BCUT2D eigenvalue weighted by Gasteiger charge is 2.31. The predicted octanol–water partition coefficient (Wildman–Crippen LogP) is 1.70. The number of sulfonamides is 1. The molecule has 0 radical (unpaired) electrons. The number of halogens is 1. The van der Waals surface area contributed by atoms with Crippen LogP contribution in [-0.2, 0) is 26.0 Å². The van der Waals surface area contributed by atoms with Gasteiger partial charge in [0.05, 0.1) is 17.9 Å². The van der Waals surface area contributed by atoms with E-state index in [0.29, 0.717) is 41.0 Å². The first-order valence-corrected chi connectivity index (χ1v) is 12.0. The van der Waals surface area contributed by atoms with E-state index in [1.807, 2.05) is 11.8 Å². The maximum absolute atomic E-state index is 13.0. The average molecular weight is 479 g/mol. The first kappa shape index (κ1) is 22.4. The second kappa shape index (κ2) is 9.00. The highest BCUT2D eigenvalue weighted by molar-refractivity contribution is 7.89. The zero-order valence-corrected chi connectivity index (χ0v) is 19.3. The molecule has 3 heterocycles. The fourth-order valence-electron chi connectivity index (χ4n) is 3.77. The number of hydrogen-bond acceptors (Lipinski definition) is 8. The summed E-state index contributed by atoms with van der Waals surface area (Å²) in [6, 6.07) is 6.25. The Morgan fingerprint density at radius 2 is 1.97 bits per heavy atom. The molecular formula is C20H23ClN6O4S. The van der Waals surface area contributed by atoms with Crippen LogP contribution in [0.5, 0.6) is 0 Å². The zero-order chi connectivity index (χ0) is 22.9. The van der Waals surface area contributed by atoms with Crippen LogP contribution in [0.25, 0.3) is 5.78 Å². The molecule has 0 spiro atoms. The molecule has 2 aromatic heterocycles. The first-order chi connectivity index (χ1) is 15.3. The lowest BCUT2D eigenvalue weighted by Crippen LogP contribution is -2.49. The number of nitrogens with zero attached hydrogens (tertiary/aromatic N) is 6. The number of carbonyl (C=O) groups excluding carboxylic acids is 1. The van der Waals surface area contributed by atoms with E-state index in [1.54, 1.807) is 23.6 Å². The minimum atomic E-state index is -3.67. The van der Waals surface area contributed by atoms with Gasteiger partial charge < -0.3 is 9.64 Å². The van der Waals surface area contributed by atoms with Gasteiger partial charge in [-0.05, 0) is 32.0 Å². The maximum Gasteiger partial charge on any atom is 0.310 e. The average Bonchev–Trinajstić information content (AvgIpc) is 3.22. The lowest BCUT2D eigenvalue weighted by molar-refractivity contribution is -0.142. The quantitative estimate of drug-likeness (QED) is 0.492. The van der Waals surface area contributed by atoms with Gasteiger partial charge in [-0.1, -0.05) is 17.7 Å². The molecule has 4 rings (SSSR count). The van der Waals surface area contributed by atoms with E-state index in [1.165, 1.54) is 22.8 Å². The summed E-state index contributed by atoms with van der Waals surface area (Å²) in [5, 5.41) is 4.65. The second-order valence-electron chi connectivity index (χ2n) is 7.30. The second-order valence-corrected chi connectivity index (χ2v) is 9.68. The van der Waals surface area contributed by atoms with E-state index < -0.39 is 10.0 Å².